The number of carbonyl (C=O) groups is 3. The molecule has 5 heteroatoms. The zero-order valence-electron chi connectivity index (χ0n) is 13.1. The second kappa shape index (κ2) is 6.86. The van der Waals surface area contributed by atoms with Crippen LogP contribution in [-0.4, -0.2) is 41.6 Å². The summed E-state index contributed by atoms with van der Waals surface area (Å²) in [6, 6.07) is -0.471. The number of rotatable bonds is 6. The van der Waals surface area contributed by atoms with Crippen molar-refractivity contribution in [3.8, 4) is 0 Å². The summed E-state index contributed by atoms with van der Waals surface area (Å²) in [7, 11) is 0. The molecule has 5 nitrogen and oxygen atoms in total. The van der Waals surface area contributed by atoms with Gasteiger partial charge in [-0.25, -0.2) is 0 Å². The summed E-state index contributed by atoms with van der Waals surface area (Å²) in [4.78, 5) is 36.9. The molecule has 1 rings (SSSR count). The number of likely N-dealkylation sites (tertiary alicyclic amines) is 1. The van der Waals surface area contributed by atoms with Crippen LogP contribution in [0.15, 0.2) is 0 Å². The van der Waals surface area contributed by atoms with Gasteiger partial charge < -0.3 is 10.2 Å². The van der Waals surface area contributed by atoms with Crippen molar-refractivity contribution in [2.24, 2.45) is 17.8 Å². The summed E-state index contributed by atoms with van der Waals surface area (Å²) in [5.41, 5.74) is 0. The van der Waals surface area contributed by atoms with Gasteiger partial charge in [0, 0.05) is 13.0 Å². The van der Waals surface area contributed by atoms with Crippen LogP contribution in [0.2, 0.25) is 0 Å². The molecular formula is C15H26N2O3. The fraction of sp³-hybridized carbons (Fsp3) is 0.800. The van der Waals surface area contributed by atoms with Gasteiger partial charge >= 0.3 is 0 Å². The maximum atomic E-state index is 12.0. The third-order valence-corrected chi connectivity index (χ3v) is 3.94. The number of carbonyl (C=O) groups excluding carboxylic acids is 3. The second-order valence-electron chi connectivity index (χ2n) is 6.38. The summed E-state index contributed by atoms with van der Waals surface area (Å²) in [6.45, 7) is 10.1. The van der Waals surface area contributed by atoms with Crippen LogP contribution in [0.3, 0.4) is 0 Å². The molecule has 0 aromatic carbocycles. The molecule has 0 aromatic rings. The van der Waals surface area contributed by atoms with Gasteiger partial charge in [-0.15, -0.1) is 0 Å². The second-order valence-corrected chi connectivity index (χ2v) is 6.38. The lowest BCUT2D eigenvalue weighted by atomic mass is 9.95. The van der Waals surface area contributed by atoms with E-state index in [0.29, 0.717) is 24.8 Å². The van der Waals surface area contributed by atoms with E-state index in [1.54, 1.807) is 4.90 Å². The first kappa shape index (κ1) is 16.7. The van der Waals surface area contributed by atoms with Crippen LogP contribution in [0, 0.1) is 17.8 Å². The first-order chi connectivity index (χ1) is 9.22. The van der Waals surface area contributed by atoms with E-state index in [1.165, 1.54) is 6.92 Å². The Labute approximate surface area is 121 Å². The van der Waals surface area contributed by atoms with Gasteiger partial charge in [-0.1, -0.05) is 27.7 Å². The van der Waals surface area contributed by atoms with E-state index < -0.39 is 6.04 Å². The number of nitrogens with zero attached hydrogens (tertiary/aromatic N) is 1. The molecule has 2 atom stereocenters. The molecule has 1 fully saturated rings. The molecular weight excluding hydrogens is 256 g/mol. The van der Waals surface area contributed by atoms with E-state index in [4.69, 9.17) is 0 Å². The van der Waals surface area contributed by atoms with Crippen molar-refractivity contribution in [3.63, 3.8) is 0 Å². The highest BCUT2D eigenvalue weighted by molar-refractivity contribution is 5.90. The van der Waals surface area contributed by atoms with Crippen molar-refractivity contribution in [3.05, 3.63) is 0 Å². The quantitative estimate of drug-likeness (QED) is 0.796. The topological polar surface area (TPSA) is 66.5 Å². The predicted molar refractivity (Wildman–Crippen MR) is 77.0 cm³/mol. The fourth-order valence-electron chi connectivity index (χ4n) is 2.53. The maximum Gasteiger partial charge on any atom is 0.240 e. The normalized spacial score (nSPS) is 20.6. The minimum atomic E-state index is -0.471. The van der Waals surface area contributed by atoms with Crippen LogP contribution in [-0.2, 0) is 14.4 Å². The zero-order valence-corrected chi connectivity index (χ0v) is 13.1. The number of amides is 2. The van der Waals surface area contributed by atoms with Crippen molar-refractivity contribution >= 4 is 17.6 Å². The monoisotopic (exact) mass is 282 g/mol. The standard InChI is InChI=1S/C15H26N2O3/c1-9(2)12-6-14(20)17(7-12)8-13(19)16-15(10(3)4)11(5)18/h9-10,12,15H,6-8H2,1-5H3,(H,16,19). The van der Waals surface area contributed by atoms with Gasteiger partial charge in [0.15, 0.2) is 5.78 Å². The van der Waals surface area contributed by atoms with Crippen LogP contribution in [0.1, 0.15) is 41.0 Å². The molecule has 1 N–H and O–H groups in total. The van der Waals surface area contributed by atoms with Crippen LogP contribution < -0.4 is 5.32 Å². The molecule has 2 unspecified atom stereocenters. The van der Waals surface area contributed by atoms with Crippen LogP contribution in [0.4, 0.5) is 0 Å². The third-order valence-electron chi connectivity index (χ3n) is 3.94. The van der Waals surface area contributed by atoms with Crippen molar-refractivity contribution in [1.29, 1.82) is 0 Å². The Morgan fingerprint density at radius 1 is 1.30 bits per heavy atom. The molecule has 2 amide bonds. The highest BCUT2D eigenvalue weighted by atomic mass is 16.2. The van der Waals surface area contributed by atoms with E-state index in [-0.39, 0.29) is 30.1 Å². The van der Waals surface area contributed by atoms with Gasteiger partial charge in [0.05, 0.1) is 12.6 Å². The Hall–Kier alpha value is -1.39. The Morgan fingerprint density at radius 2 is 1.90 bits per heavy atom. The molecule has 0 saturated carbocycles. The van der Waals surface area contributed by atoms with Gasteiger partial charge in [0.1, 0.15) is 0 Å². The summed E-state index contributed by atoms with van der Waals surface area (Å²) >= 11 is 0. The van der Waals surface area contributed by atoms with Crippen LogP contribution >= 0.6 is 0 Å². The van der Waals surface area contributed by atoms with E-state index in [0.717, 1.165) is 0 Å². The average Bonchev–Trinajstić information content (AvgIpc) is 2.67. The smallest absolute Gasteiger partial charge is 0.240 e. The molecule has 0 aliphatic carbocycles. The van der Waals surface area contributed by atoms with Crippen molar-refractivity contribution in [1.82, 2.24) is 10.2 Å². The maximum absolute atomic E-state index is 12.0. The largest absolute Gasteiger partial charge is 0.345 e. The molecule has 0 spiro atoms. The number of ketones is 1. The number of nitrogens with one attached hydrogen (secondary N) is 1. The Balaban J connectivity index is 2.54. The minimum absolute atomic E-state index is 0.0303. The molecule has 1 saturated heterocycles. The molecule has 114 valence electrons. The summed E-state index contributed by atoms with van der Waals surface area (Å²) in [5.74, 6) is 0.534. The molecule has 0 radical (unpaired) electrons. The lowest BCUT2D eigenvalue weighted by Crippen LogP contribution is -2.47. The van der Waals surface area contributed by atoms with Crippen LogP contribution in [0.25, 0.3) is 0 Å². The van der Waals surface area contributed by atoms with E-state index in [2.05, 4.69) is 19.2 Å². The number of hydrogen-bond acceptors (Lipinski definition) is 3. The third kappa shape index (κ3) is 4.32. The molecule has 0 aromatic heterocycles. The average molecular weight is 282 g/mol. The van der Waals surface area contributed by atoms with E-state index in [9.17, 15) is 14.4 Å². The fourth-order valence-corrected chi connectivity index (χ4v) is 2.53. The SMILES string of the molecule is CC(=O)C(NC(=O)CN1CC(C(C)C)CC1=O)C(C)C. The summed E-state index contributed by atoms with van der Waals surface area (Å²) in [6.07, 6.45) is 0.519. The van der Waals surface area contributed by atoms with Gasteiger partial charge in [-0.3, -0.25) is 14.4 Å². The first-order valence-corrected chi connectivity index (χ1v) is 7.30. The Morgan fingerprint density at radius 3 is 2.30 bits per heavy atom. The Bertz CT molecular complexity index is 391. The van der Waals surface area contributed by atoms with Gasteiger partial charge in [-0.05, 0) is 24.7 Å². The number of hydrogen-bond donors (Lipinski definition) is 1. The van der Waals surface area contributed by atoms with Crippen LogP contribution in [0.5, 0.6) is 0 Å². The lowest BCUT2D eigenvalue weighted by Gasteiger charge is -2.22. The van der Waals surface area contributed by atoms with Crippen molar-refractivity contribution < 1.29 is 14.4 Å². The predicted octanol–water partition coefficient (Wildman–Crippen LogP) is 1.22. The van der Waals surface area contributed by atoms with Gasteiger partial charge in [0.25, 0.3) is 0 Å². The minimum Gasteiger partial charge on any atom is -0.345 e. The molecule has 1 heterocycles. The van der Waals surface area contributed by atoms with Crippen molar-refractivity contribution in [2.75, 3.05) is 13.1 Å². The lowest BCUT2D eigenvalue weighted by molar-refractivity contribution is -0.134. The zero-order chi connectivity index (χ0) is 15.4. The van der Waals surface area contributed by atoms with E-state index >= 15 is 0 Å². The van der Waals surface area contributed by atoms with Crippen molar-refractivity contribution in [2.45, 2.75) is 47.1 Å². The van der Waals surface area contributed by atoms with Gasteiger partial charge in [-0.2, -0.15) is 0 Å². The molecule has 1 aliphatic rings. The highest BCUT2D eigenvalue weighted by Gasteiger charge is 2.33. The van der Waals surface area contributed by atoms with E-state index in [1.807, 2.05) is 13.8 Å². The molecule has 20 heavy (non-hydrogen) atoms. The summed E-state index contributed by atoms with van der Waals surface area (Å²) in [5, 5.41) is 2.73. The molecule has 0 bridgehead atoms. The highest BCUT2D eigenvalue weighted by Crippen LogP contribution is 2.24. The van der Waals surface area contributed by atoms with Gasteiger partial charge in [0.2, 0.25) is 11.8 Å². The molecule has 1 aliphatic heterocycles. The number of Topliss-reactive ketones (excluding diaryl/α,β-unsaturated/α-hetero) is 1. The Kier molecular flexibility index (Phi) is 5.72. The summed E-state index contributed by atoms with van der Waals surface area (Å²) < 4.78 is 0. The first-order valence-electron chi connectivity index (χ1n) is 7.30.